The molecule has 0 spiro atoms. The van der Waals surface area contributed by atoms with Gasteiger partial charge in [0.25, 0.3) is 5.91 Å². The molecule has 1 saturated heterocycles. The molecule has 0 radical (unpaired) electrons. The maximum Gasteiger partial charge on any atom is 0.271 e. The lowest BCUT2D eigenvalue weighted by molar-refractivity contribution is -0.135. The van der Waals surface area contributed by atoms with Gasteiger partial charge in [0.1, 0.15) is 22.8 Å². The van der Waals surface area contributed by atoms with Gasteiger partial charge in [0, 0.05) is 44.3 Å². The minimum Gasteiger partial charge on any atom is -0.354 e. The Hall–Kier alpha value is -3.80. The number of piperidine rings is 1. The number of amides is 5. The van der Waals surface area contributed by atoms with E-state index in [0.717, 1.165) is 5.56 Å². The number of nitrogens with one attached hydrogen (secondary N) is 4. The van der Waals surface area contributed by atoms with Crippen molar-refractivity contribution in [1.29, 1.82) is 0 Å². The Labute approximate surface area is 256 Å². The maximum atomic E-state index is 13.6. The molecule has 2 bridgehead atoms. The number of thiazole rings is 1. The summed E-state index contributed by atoms with van der Waals surface area (Å²) in [6.45, 7) is 6.84. The van der Waals surface area contributed by atoms with Gasteiger partial charge in [-0.1, -0.05) is 44.2 Å². The first-order valence-corrected chi connectivity index (χ1v) is 15.9. The van der Waals surface area contributed by atoms with Crippen molar-refractivity contribution in [2.24, 2.45) is 11.8 Å². The third kappa shape index (κ3) is 8.85. The van der Waals surface area contributed by atoms with E-state index in [1.54, 1.807) is 10.3 Å². The zero-order valence-corrected chi connectivity index (χ0v) is 25.9. The molecule has 232 valence electrons. The first-order valence-electron chi connectivity index (χ1n) is 15.1. The Bertz CT molecular complexity index is 1290. The summed E-state index contributed by atoms with van der Waals surface area (Å²) in [5.74, 6) is -1.56. The first-order chi connectivity index (χ1) is 20.6. The fraction of sp³-hybridized carbons (Fsp3) is 0.548. The number of benzene rings is 1. The molecule has 2 aliphatic rings. The van der Waals surface area contributed by atoms with E-state index in [1.165, 1.54) is 18.3 Å². The highest BCUT2D eigenvalue weighted by Gasteiger charge is 2.32. The third-order valence-electron chi connectivity index (χ3n) is 8.05. The van der Waals surface area contributed by atoms with Crippen LogP contribution in [0.5, 0.6) is 0 Å². The molecule has 2 aromatic rings. The van der Waals surface area contributed by atoms with Crippen LogP contribution >= 0.6 is 11.3 Å². The van der Waals surface area contributed by atoms with Crippen molar-refractivity contribution in [3.05, 3.63) is 52.0 Å². The predicted octanol–water partition coefficient (Wildman–Crippen LogP) is 2.34. The lowest BCUT2D eigenvalue weighted by Gasteiger charge is -2.31. The second kappa shape index (κ2) is 15.1. The van der Waals surface area contributed by atoms with Gasteiger partial charge in [-0.3, -0.25) is 24.0 Å². The summed E-state index contributed by atoms with van der Waals surface area (Å²) in [4.78, 5) is 71.1. The molecular formula is C31H42N6O5S. The van der Waals surface area contributed by atoms with Crippen LogP contribution in [0.1, 0.15) is 80.0 Å². The normalized spacial score (nSPS) is 22.8. The molecule has 0 aliphatic carbocycles. The van der Waals surface area contributed by atoms with E-state index in [2.05, 4.69) is 26.3 Å². The van der Waals surface area contributed by atoms with Crippen LogP contribution in [0.15, 0.2) is 35.7 Å². The molecule has 0 saturated carbocycles. The molecule has 1 aromatic heterocycles. The third-order valence-corrected chi connectivity index (χ3v) is 8.98. The van der Waals surface area contributed by atoms with Crippen LogP contribution in [0.25, 0.3) is 0 Å². The lowest BCUT2D eigenvalue weighted by Crippen LogP contribution is -2.51. The number of hydrogen-bond donors (Lipinski definition) is 4. The molecule has 4 rings (SSSR count). The molecule has 11 nitrogen and oxygen atoms in total. The second-order valence-electron chi connectivity index (χ2n) is 11.6. The molecule has 1 fully saturated rings. The molecule has 1 aromatic carbocycles. The van der Waals surface area contributed by atoms with Crippen LogP contribution in [0.4, 0.5) is 0 Å². The summed E-state index contributed by atoms with van der Waals surface area (Å²) in [7, 11) is 0. The molecule has 3 heterocycles. The van der Waals surface area contributed by atoms with Crippen molar-refractivity contribution in [1.82, 2.24) is 31.2 Å². The van der Waals surface area contributed by atoms with Crippen LogP contribution in [0.3, 0.4) is 0 Å². The van der Waals surface area contributed by atoms with Crippen molar-refractivity contribution in [3.8, 4) is 0 Å². The Morgan fingerprint density at radius 2 is 1.74 bits per heavy atom. The smallest absolute Gasteiger partial charge is 0.271 e. The van der Waals surface area contributed by atoms with Crippen molar-refractivity contribution < 1.29 is 24.0 Å². The van der Waals surface area contributed by atoms with Crippen molar-refractivity contribution >= 4 is 40.9 Å². The van der Waals surface area contributed by atoms with Crippen molar-refractivity contribution in [2.75, 3.05) is 19.6 Å². The number of carbonyl (C=O) groups excluding carboxylic acids is 5. The molecule has 2 aliphatic heterocycles. The predicted molar refractivity (Wildman–Crippen MR) is 163 cm³/mol. The minimum absolute atomic E-state index is 0.00296. The lowest BCUT2D eigenvalue weighted by atomic mass is 9.95. The minimum atomic E-state index is -0.782. The molecule has 5 amide bonds. The number of rotatable bonds is 5. The maximum absolute atomic E-state index is 13.6. The Morgan fingerprint density at radius 3 is 2.42 bits per heavy atom. The van der Waals surface area contributed by atoms with E-state index in [0.29, 0.717) is 63.2 Å². The van der Waals surface area contributed by atoms with Crippen LogP contribution in [0, 0.1) is 11.8 Å². The van der Waals surface area contributed by atoms with Crippen LogP contribution < -0.4 is 21.3 Å². The number of nitrogens with zero attached hydrogens (tertiary/aromatic N) is 2. The van der Waals surface area contributed by atoms with E-state index < -0.39 is 24.0 Å². The number of carbonyl (C=O) groups is 5. The quantitative estimate of drug-likeness (QED) is 0.408. The molecule has 43 heavy (non-hydrogen) atoms. The van der Waals surface area contributed by atoms with Gasteiger partial charge in [-0.2, -0.15) is 0 Å². The van der Waals surface area contributed by atoms with Gasteiger partial charge in [-0.25, -0.2) is 4.98 Å². The summed E-state index contributed by atoms with van der Waals surface area (Å²) in [5.41, 5.74) is 1.10. The topological polar surface area (TPSA) is 150 Å². The highest BCUT2D eigenvalue weighted by atomic mass is 32.1. The standard InChI is InChI=1S/C31H42N6O5S/c1-19(2)26-31-35-25(18-43-31)30(42)34-24(17-21-9-5-4-6-10-21)28(40)32-14-8-7-11-23(29(41)36-26)33-27(39)22-12-15-37(16-13-22)20(3)38/h4-6,9-10,18-19,22-24,26H,7-8,11-17H2,1-3H3,(H,32,40)(H,33,39)(H,34,42)(H,36,41)/t23-,24+,26+/m0/s1. The van der Waals surface area contributed by atoms with Crippen LogP contribution in [0.2, 0.25) is 0 Å². The fourth-order valence-corrected chi connectivity index (χ4v) is 6.44. The Morgan fingerprint density at radius 1 is 1.02 bits per heavy atom. The zero-order valence-electron chi connectivity index (χ0n) is 25.1. The molecule has 4 N–H and O–H groups in total. The first kappa shape index (κ1) is 32.1. The molecule has 3 atom stereocenters. The summed E-state index contributed by atoms with van der Waals surface area (Å²) < 4.78 is 0. The largest absolute Gasteiger partial charge is 0.354 e. The average molecular weight is 611 g/mol. The van der Waals surface area contributed by atoms with Crippen LogP contribution in [-0.2, 0) is 25.6 Å². The summed E-state index contributed by atoms with van der Waals surface area (Å²) in [5, 5.41) is 14.0. The van der Waals surface area contributed by atoms with Gasteiger partial charge in [0.05, 0.1) is 6.04 Å². The number of aromatic nitrogens is 1. The van der Waals surface area contributed by atoms with E-state index in [4.69, 9.17) is 0 Å². The highest BCUT2D eigenvalue weighted by Crippen LogP contribution is 2.26. The van der Waals surface area contributed by atoms with E-state index in [9.17, 15) is 24.0 Å². The Balaban J connectivity index is 1.52. The van der Waals surface area contributed by atoms with E-state index >= 15 is 0 Å². The monoisotopic (exact) mass is 610 g/mol. The van der Waals surface area contributed by atoms with Crippen molar-refractivity contribution in [3.63, 3.8) is 0 Å². The van der Waals surface area contributed by atoms with Gasteiger partial charge in [0.2, 0.25) is 23.6 Å². The summed E-state index contributed by atoms with van der Waals surface area (Å²) in [6, 6.07) is 7.49. The molecular weight excluding hydrogens is 568 g/mol. The zero-order chi connectivity index (χ0) is 30.9. The number of hydrogen-bond acceptors (Lipinski definition) is 7. The fourth-order valence-electron chi connectivity index (χ4n) is 5.42. The number of fused-ring (bicyclic) bond motifs is 2. The average Bonchev–Trinajstić information content (AvgIpc) is 3.48. The van der Waals surface area contributed by atoms with E-state index in [-0.39, 0.29) is 41.2 Å². The van der Waals surface area contributed by atoms with E-state index in [1.807, 2.05) is 44.2 Å². The van der Waals surface area contributed by atoms with Crippen molar-refractivity contribution in [2.45, 2.75) is 77.4 Å². The molecule has 12 heteroatoms. The van der Waals surface area contributed by atoms with Crippen LogP contribution in [-0.4, -0.2) is 71.1 Å². The van der Waals surface area contributed by atoms with Gasteiger partial charge in [0.15, 0.2) is 0 Å². The highest BCUT2D eigenvalue weighted by molar-refractivity contribution is 7.09. The van der Waals surface area contributed by atoms with Gasteiger partial charge >= 0.3 is 0 Å². The van der Waals surface area contributed by atoms with Gasteiger partial charge in [-0.05, 0) is 43.6 Å². The summed E-state index contributed by atoms with van der Waals surface area (Å²) >= 11 is 1.27. The second-order valence-corrected chi connectivity index (χ2v) is 12.5. The Kier molecular flexibility index (Phi) is 11.3. The van der Waals surface area contributed by atoms with Gasteiger partial charge < -0.3 is 26.2 Å². The van der Waals surface area contributed by atoms with Gasteiger partial charge in [-0.15, -0.1) is 11.3 Å². The number of likely N-dealkylation sites (tertiary alicyclic amines) is 1. The molecule has 0 unspecified atom stereocenters. The summed E-state index contributed by atoms with van der Waals surface area (Å²) in [6.07, 6.45) is 3.01. The SMILES string of the molecule is CC(=O)N1CCC(C(=O)N[C@H]2CCCCNC(=O)[C@@H](Cc3ccccc3)NC(=O)c3csc(n3)[C@@H](C(C)C)NC2=O)CC1.